The smallest absolute Gasteiger partial charge is 0.321 e. The molecule has 0 bridgehead atoms. The van der Waals surface area contributed by atoms with Crippen LogP contribution in [0.15, 0.2) is 54.6 Å². The molecule has 1 aliphatic rings. The van der Waals surface area contributed by atoms with E-state index in [4.69, 9.17) is 0 Å². The summed E-state index contributed by atoms with van der Waals surface area (Å²) in [5.74, 6) is -0.224. The maximum atomic E-state index is 12.7. The zero-order valence-corrected chi connectivity index (χ0v) is 16.9. The van der Waals surface area contributed by atoms with Crippen LogP contribution in [0, 0.1) is 5.92 Å². The predicted octanol–water partition coefficient (Wildman–Crippen LogP) is 4.87. The molecule has 5 nitrogen and oxygen atoms in total. The quantitative estimate of drug-likeness (QED) is 0.799. The summed E-state index contributed by atoms with van der Waals surface area (Å²) in [5.41, 5.74) is 2.87. The molecule has 1 atom stereocenters. The van der Waals surface area contributed by atoms with Gasteiger partial charge < -0.3 is 15.5 Å². The van der Waals surface area contributed by atoms with Crippen LogP contribution in [-0.4, -0.2) is 29.9 Å². The number of para-hydroxylation sites is 1. The molecule has 3 rings (SSSR count). The zero-order valence-electron chi connectivity index (χ0n) is 16.9. The number of nitrogens with one attached hydrogen (secondary N) is 2. The second kappa shape index (κ2) is 8.46. The Hall–Kier alpha value is -2.82. The Kier molecular flexibility index (Phi) is 6.02. The Bertz CT molecular complexity index is 810. The Morgan fingerprint density at radius 3 is 2.21 bits per heavy atom. The lowest BCUT2D eigenvalue weighted by Crippen LogP contribution is -2.45. The van der Waals surface area contributed by atoms with Crippen LogP contribution in [0.4, 0.5) is 16.2 Å². The molecule has 0 radical (unpaired) electrons. The summed E-state index contributed by atoms with van der Waals surface area (Å²) in [4.78, 5) is 26.9. The van der Waals surface area contributed by atoms with Crippen molar-refractivity contribution in [1.29, 1.82) is 0 Å². The topological polar surface area (TPSA) is 61.4 Å². The fourth-order valence-electron chi connectivity index (χ4n) is 3.40. The van der Waals surface area contributed by atoms with E-state index in [0.717, 1.165) is 24.2 Å². The van der Waals surface area contributed by atoms with E-state index in [2.05, 4.69) is 43.5 Å². The molecule has 148 valence electrons. The normalized spacial score (nSPS) is 17.1. The number of piperidine rings is 1. The van der Waals surface area contributed by atoms with Crippen LogP contribution in [0.3, 0.4) is 0 Å². The number of benzene rings is 2. The Labute approximate surface area is 167 Å². The molecule has 1 fully saturated rings. The molecule has 1 saturated heterocycles. The standard InChI is InChI=1S/C23H29N3O2/c1-23(2,3)18-11-13-20(14-12-18)24-21(27)17-8-7-15-26(16-17)22(28)25-19-9-5-4-6-10-19/h4-6,9-14,17H,7-8,15-16H2,1-3H3,(H,24,27)(H,25,28). The van der Waals surface area contributed by atoms with Gasteiger partial charge in [-0.1, -0.05) is 51.1 Å². The maximum Gasteiger partial charge on any atom is 0.321 e. The van der Waals surface area contributed by atoms with Gasteiger partial charge >= 0.3 is 6.03 Å². The minimum Gasteiger partial charge on any atom is -0.326 e. The van der Waals surface area contributed by atoms with E-state index >= 15 is 0 Å². The molecule has 0 spiro atoms. The zero-order chi connectivity index (χ0) is 20.1. The number of amides is 3. The monoisotopic (exact) mass is 379 g/mol. The first-order valence-corrected chi connectivity index (χ1v) is 9.85. The third-order valence-corrected chi connectivity index (χ3v) is 5.12. The van der Waals surface area contributed by atoms with Crippen molar-refractivity contribution in [2.45, 2.75) is 39.0 Å². The number of hydrogen-bond donors (Lipinski definition) is 2. The number of anilines is 2. The largest absolute Gasteiger partial charge is 0.326 e. The summed E-state index contributed by atoms with van der Waals surface area (Å²) in [6, 6.07) is 17.2. The highest BCUT2D eigenvalue weighted by Gasteiger charge is 2.28. The molecule has 0 saturated carbocycles. The third kappa shape index (κ3) is 5.12. The van der Waals surface area contributed by atoms with Crippen molar-refractivity contribution >= 4 is 23.3 Å². The number of likely N-dealkylation sites (tertiary alicyclic amines) is 1. The number of hydrogen-bond acceptors (Lipinski definition) is 2. The van der Waals surface area contributed by atoms with E-state index in [-0.39, 0.29) is 23.3 Å². The van der Waals surface area contributed by atoms with Crippen molar-refractivity contribution in [1.82, 2.24) is 4.90 Å². The number of carbonyl (C=O) groups is 2. The van der Waals surface area contributed by atoms with Gasteiger partial charge in [0.15, 0.2) is 0 Å². The fraction of sp³-hybridized carbons (Fsp3) is 0.391. The SMILES string of the molecule is CC(C)(C)c1ccc(NC(=O)C2CCCN(C(=O)Nc3ccccc3)C2)cc1. The summed E-state index contributed by atoms with van der Waals surface area (Å²) in [6.45, 7) is 7.60. The molecular weight excluding hydrogens is 350 g/mol. The van der Waals surface area contributed by atoms with Crippen molar-refractivity contribution in [2.75, 3.05) is 23.7 Å². The molecule has 3 amide bonds. The molecule has 0 aliphatic carbocycles. The molecule has 0 aromatic heterocycles. The van der Waals surface area contributed by atoms with Crippen molar-refractivity contribution in [3.8, 4) is 0 Å². The van der Waals surface area contributed by atoms with Gasteiger partial charge in [0.1, 0.15) is 0 Å². The molecule has 2 N–H and O–H groups in total. The summed E-state index contributed by atoms with van der Waals surface area (Å²) < 4.78 is 0. The number of carbonyl (C=O) groups excluding carboxylic acids is 2. The van der Waals surface area contributed by atoms with Crippen molar-refractivity contribution in [3.05, 3.63) is 60.2 Å². The van der Waals surface area contributed by atoms with Gasteiger partial charge in [-0.15, -0.1) is 0 Å². The van der Waals surface area contributed by atoms with Crippen LogP contribution in [0.2, 0.25) is 0 Å². The first kappa shape index (κ1) is 19.9. The van der Waals surface area contributed by atoms with Gasteiger partial charge in [-0.25, -0.2) is 4.79 Å². The van der Waals surface area contributed by atoms with E-state index in [1.807, 2.05) is 42.5 Å². The Morgan fingerprint density at radius 1 is 0.929 bits per heavy atom. The summed E-state index contributed by atoms with van der Waals surface area (Å²) in [6.07, 6.45) is 1.62. The lowest BCUT2D eigenvalue weighted by molar-refractivity contribution is -0.121. The summed E-state index contributed by atoms with van der Waals surface area (Å²) >= 11 is 0. The van der Waals surface area contributed by atoms with E-state index in [9.17, 15) is 9.59 Å². The predicted molar refractivity (Wildman–Crippen MR) is 114 cm³/mol. The van der Waals surface area contributed by atoms with Crippen LogP contribution < -0.4 is 10.6 Å². The van der Waals surface area contributed by atoms with Crippen LogP contribution in [0.1, 0.15) is 39.2 Å². The van der Waals surface area contributed by atoms with Crippen molar-refractivity contribution in [3.63, 3.8) is 0 Å². The average molecular weight is 380 g/mol. The lowest BCUT2D eigenvalue weighted by Gasteiger charge is -2.32. The lowest BCUT2D eigenvalue weighted by atomic mass is 9.87. The van der Waals surface area contributed by atoms with Gasteiger partial charge in [-0.3, -0.25) is 4.79 Å². The van der Waals surface area contributed by atoms with Gasteiger partial charge in [-0.05, 0) is 48.1 Å². The van der Waals surface area contributed by atoms with Crippen LogP contribution >= 0.6 is 0 Å². The van der Waals surface area contributed by atoms with Gasteiger partial charge in [0.05, 0.1) is 5.92 Å². The first-order valence-electron chi connectivity index (χ1n) is 9.85. The van der Waals surface area contributed by atoms with Crippen LogP contribution in [0.5, 0.6) is 0 Å². The van der Waals surface area contributed by atoms with E-state index in [0.29, 0.717) is 13.1 Å². The van der Waals surface area contributed by atoms with Gasteiger partial charge in [0.25, 0.3) is 0 Å². The van der Waals surface area contributed by atoms with Crippen LogP contribution in [0.25, 0.3) is 0 Å². The maximum absolute atomic E-state index is 12.7. The summed E-state index contributed by atoms with van der Waals surface area (Å²) in [5, 5.41) is 5.90. The van der Waals surface area contributed by atoms with Gasteiger partial charge in [0, 0.05) is 24.5 Å². The second-order valence-electron chi connectivity index (χ2n) is 8.40. The number of nitrogens with zero attached hydrogens (tertiary/aromatic N) is 1. The molecule has 5 heteroatoms. The fourth-order valence-corrected chi connectivity index (χ4v) is 3.40. The Balaban J connectivity index is 1.57. The van der Waals surface area contributed by atoms with Crippen LogP contribution in [-0.2, 0) is 10.2 Å². The molecule has 1 unspecified atom stereocenters. The highest BCUT2D eigenvalue weighted by molar-refractivity contribution is 5.94. The second-order valence-corrected chi connectivity index (χ2v) is 8.40. The van der Waals surface area contributed by atoms with E-state index in [1.54, 1.807) is 4.90 Å². The molecule has 1 aliphatic heterocycles. The van der Waals surface area contributed by atoms with Crippen molar-refractivity contribution < 1.29 is 9.59 Å². The van der Waals surface area contributed by atoms with Gasteiger partial charge in [-0.2, -0.15) is 0 Å². The molecule has 28 heavy (non-hydrogen) atoms. The van der Waals surface area contributed by atoms with Crippen molar-refractivity contribution in [2.24, 2.45) is 5.92 Å². The summed E-state index contributed by atoms with van der Waals surface area (Å²) in [7, 11) is 0. The molecule has 2 aromatic carbocycles. The van der Waals surface area contributed by atoms with E-state index in [1.165, 1.54) is 5.56 Å². The Morgan fingerprint density at radius 2 is 1.57 bits per heavy atom. The first-order chi connectivity index (χ1) is 13.3. The number of rotatable bonds is 3. The molecule has 2 aromatic rings. The van der Waals surface area contributed by atoms with E-state index < -0.39 is 0 Å². The molecular formula is C23H29N3O2. The highest BCUT2D eigenvalue weighted by atomic mass is 16.2. The minimum atomic E-state index is -0.197. The minimum absolute atomic E-state index is 0.0271. The highest BCUT2D eigenvalue weighted by Crippen LogP contribution is 2.24. The number of urea groups is 1. The van der Waals surface area contributed by atoms with Gasteiger partial charge in [0.2, 0.25) is 5.91 Å². The molecule has 1 heterocycles. The average Bonchev–Trinajstić information content (AvgIpc) is 2.68. The third-order valence-electron chi connectivity index (χ3n) is 5.12.